The Bertz CT molecular complexity index is 549. The van der Waals surface area contributed by atoms with E-state index in [1.54, 1.807) is 12.1 Å². The topological polar surface area (TPSA) is 52.5 Å². The van der Waals surface area contributed by atoms with Crippen LogP contribution in [0.3, 0.4) is 0 Å². The molecule has 0 aliphatic rings. The fourth-order valence-electron chi connectivity index (χ4n) is 1.94. The second-order valence-electron chi connectivity index (χ2n) is 4.83. The van der Waals surface area contributed by atoms with E-state index in [2.05, 4.69) is 43.4 Å². The molecule has 0 saturated carbocycles. The van der Waals surface area contributed by atoms with Crippen molar-refractivity contribution >= 4 is 0 Å². The van der Waals surface area contributed by atoms with Crippen molar-refractivity contribution in [2.75, 3.05) is 0 Å². The van der Waals surface area contributed by atoms with Gasteiger partial charge in [-0.3, -0.25) is 0 Å². The Morgan fingerprint density at radius 3 is 2.37 bits per heavy atom. The fourth-order valence-corrected chi connectivity index (χ4v) is 1.94. The standard InChI is InChI=1S/C16H19NO2/c1-11-3-5-13(6-4-11)12(2)17-10-14-7-8-15(18)9-16(14)19/h3-9,12,17-19H,10H2,1-2H3/t12-/m1/s1. The van der Waals surface area contributed by atoms with Crippen LogP contribution in [0.25, 0.3) is 0 Å². The summed E-state index contributed by atoms with van der Waals surface area (Å²) in [5, 5.41) is 22.3. The van der Waals surface area contributed by atoms with Crippen LogP contribution >= 0.6 is 0 Å². The van der Waals surface area contributed by atoms with E-state index in [0.29, 0.717) is 6.54 Å². The first-order valence-electron chi connectivity index (χ1n) is 6.37. The Morgan fingerprint density at radius 1 is 1.05 bits per heavy atom. The smallest absolute Gasteiger partial charge is 0.123 e. The van der Waals surface area contributed by atoms with Gasteiger partial charge in [-0.25, -0.2) is 0 Å². The predicted molar refractivity (Wildman–Crippen MR) is 76.2 cm³/mol. The van der Waals surface area contributed by atoms with E-state index in [1.165, 1.54) is 17.2 Å². The van der Waals surface area contributed by atoms with Crippen LogP contribution in [0.15, 0.2) is 42.5 Å². The van der Waals surface area contributed by atoms with Crippen molar-refractivity contribution in [3.05, 3.63) is 59.2 Å². The Labute approximate surface area is 113 Å². The molecule has 0 fully saturated rings. The van der Waals surface area contributed by atoms with E-state index < -0.39 is 0 Å². The van der Waals surface area contributed by atoms with Crippen molar-refractivity contribution in [3.63, 3.8) is 0 Å². The minimum atomic E-state index is 0.0767. The highest BCUT2D eigenvalue weighted by Gasteiger charge is 2.07. The van der Waals surface area contributed by atoms with Gasteiger partial charge in [0.1, 0.15) is 11.5 Å². The zero-order chi connectivity index (χ0) is 13.8. The average molecular weight is 257 g/mol. The van der Waals surface area contributed by atoms with E-state index in [1.807, 2.05) is 0 Å². The monoisotopic (exact) mass is 257 g/mol. The Kier molecular flexibility index (Phi) is 4.07. The number of phenols is 2. The lowest BCUT2D eigenvalue weighted by Gasteiger charge is -2.15. The highest BCUT2D eigenvalue weighted by molar-refractivity contribution is 5.39. The van der Waals surface area contributed by atoms with Crippen LogP contribution < -0.4 is 5.32 Å². The van der Waals surface area contributed by atoms with Crippen LogP contribution in [0.2, 0.25) is 0 Å². The van der Waals surface area contributed by atoms with Crippen LogP contribution in [-0.4, -0.2) is 10.2 Å². The van der Waals surface area contributed by atoms with Crippen molar-refractivity contribution in [2.24, 2.45) is 0 Å². The van der Waals surface area contributed by atoms with E-state index in [-0.39, 0.29) is 17.5 Å². The van der Waals surface area contributed by atoms with Crippen molar-refractivity contribution in [3.8, 4) is 11.5 Å². The summed E-state index contributed by atoms with van der Waals surface area (Å²) in [6.07, 6.45) is 0. The number of benzene rings is 2. The first-order chi connectivity index (χ1) is 9.06. The number of hydrogen-bond donors (Lipinski definition) is 3. The maximum Gasteiger partial charge on any atom is 0.123 e. The normalized spacial score (nSPS) is 12.3. The molecule has 0 radical (unpaired) electrons. The molecule has 0 aromatic heterocycles. The SMILES string of the molecule is Cc1ccc([C@@H](C)NCc2ccc(O)cc2O)cc1. The maximum absolute atomic E-state index is 9.71. The predicted octanol–water partition coefficient (Wildman–Crippen LogP) is 3.26. The van der Waals surface area contributed by atoms with Gasteiger partial charge in [0, 0.05) is 24.2 Å². The molecule has 2 rings (SSSR count). The summed E-state index contributed by atoms with van der Waals surface area (Å²) in [5.74, 6) is 0.191. The van der Waals surface area contributed by atoms with E-state index in [0.717, 1.165) is 5.56 Å². The Hall–Kier alpha value is -2.00. The fraction of sp³-hybridized carbons (Fsp3) is 0.250. The van der Waals surface area contributed by atoms with Gasteiger partial charge in [-0.2, -0.15) is 0 Å². The summed E-state index contributed by atoms with van der Waals surface area (Å²) in [7, 11) is 0. The lowest BCUT2D eigenvalue weighted by Crippen LogP contribution is -2.18. The molecule has 1 atom stereocenters. The molecule has 0 aliphatic heterocycles. The molecule has 0 bridgehead atoms. The van der Waals surface area contributed by atoms with Crippen LogP contribution in [0.4, 0.5) is 0 Å². The molecule has 0 saturated heterocycles. The number of hydrogen-bond acceptors (Lipinski definition) is 3. The highest BCUT2D eigenvalue weighted by atomic mass is 16.3. The molecule has 0 unspecified atom stereocenters. The molecule has 0 heterocycles. The third kappa shape index (κ3) is 3.48. The average Bonchev–Trinajstić information content (AvgIpc) is 2.38. The number of aryl methyl sites for hydroxylation is 1. The molecule has 3 N–H and O–H groups in total. The summed E-state index contributed by atoms with van der Waals surface area (Å²) in [6, 6.07) is 13.2. The molecular weight excluding hydrogens is 238 g/mol. The van der Waals surface area contributed by atoms with Gasteiger partial charge in [0.25, 0.3) is 0 Å². The number of aromatic hydroxyl groups is 2. The van der Waals surface area contributed by atoms with Gasteiger partial charge in [-0.05, 0) is 25.5 Å². The minimum absolute atomic E-state index is 0.0767. The Morgan fingerprint density at radius 2 is 1.74 bits per heavy atom. The zero-order valence-electron chi connectivity index (χ0n) is 11.2. The van der Waals surface area contributed by atoms with Gasteiger partial charge >= 0.3 is 0 Å². The van der Waals surface area contributed by atoms with Crippen LogP contribution in [0, 0.1) is 6.92 Å². The minimum Gasteiger partial charge on any atom is -0.508 e. The summed E-state index contributed by atoms with van der Waals surface area (Å²) in [5.41, 5.74) is 3.23. The third-order valence-electron chi connectivity index (χ3n) is 3.24. The molecule has 2 aromatic carbocycles. The summed E-state index contributed by atoms with van der Waals surface area (Å²) >= 11 is 0. The summed E-state index contributed by atoms with van der Waals surface area (Å²) in [4.78, 5) is 0. The summed E-state index contributed by atoms with van der Waals surface area (Å²) in [6.45, 7) is 4.71. The molecule has 0 spiro atoms. The van der Waals surface area contributed by atoms with Gasteiger partial charge in [0.2, 0.25) is 0 Å². The first-order valence-corrected chi connectivity index (χ1v) is 6.37. The van der Waals surface area contributed by atoms with E-state index >= 15 is 0 Å². The maximum atomic E-state index is 9.71. The zero-order valence-corrected chi connectivity index (χ0v) is 11.2. The lowest BCUT2D eigenvalue weighted by molar-refractivity contribution is 0.441. The highest BCUT2D eigenvalue weighted by Crippen LogP contribution is 2.23. The lowest BCUT2D eigenvalue weighted by atomic mass is 10.1. The molecular formula is C16H19NO2. The molecule has 0 amide bonds. The molecule has 0 aliphatic carbocycles. The van der Waals surface area contributed by atoms with Crippen LogP contribution in [-0.2, 0) is 6.54 Å². The number of rotatable bonds is 4. The van der Waals surface area contributed by atoms with Crippen molar-refractivity contribution in [1.29, 1.82) is 0 Å². The quantitative estimate of drug-likeness (QED) is 0.788. The number of nitrogens with one attached hydrogen (secondary N) is 1. The third-order valence-corrected chi connectivity index (χ3v) is 3.24. The van der Waals surface area contributed by atoms with Gasteiger partial charge in [-0.1, -0.05) is 35.9 Å². The van der Waals surface area contributed by atoms with Crippen molar-refractivity contribution in [2.45, 2.75) is 26.4 Å². The molecule has 3 heteroatoms. The van der Waals surface area contributed by atoms with Crippen LogP contribution in [0.1, 0.15) is 29.7 Å². The van der Waals surface area contributed by atoms with Crippen molar-refractivity contribution < 1.29 is 10.2 Å². The van der Waals surface area contributed by atoms with Crippen molar-refractivity contribution in [1.82, 2.24) is 5.32 Å². The first kappa shape index (κ1) is 13.4. The van der Waals surface area contributed by atoms with Gasteiger partial charge in [-0.15, -0.1) is 0 Å². The second kappa shape index (κ2) is 5.76. The van der Waals surface area contributed by atoms with Gasteiger partial charge in [0.15, 0.2) is 0 Å². The molecule has 3 nitrogen and oxygen atoms in total. The second-order valence-corrected chi connectivity index (χ2v) is 4.83. The largest absolute Gasteiger partial charge is 0.508 e. The number of phenolic OH excluding ortho intramolecular Hbond substituents is 2. The molecule has 100 valence electrons. The molecule has 2 aromatic rings. The molecule has 19 heavy (non-hydrogen) atoms. The van der Waals surface area contributed by atoms with Gasteiger partial charge < -0.3 is 15.5 Å². The summed E-state index contributed by atoms with van der Waals surface area (Å²) < 4.78 is 0. The van der Waals surface area contributed by atoms with E-state index in [9.17, 15) is 10.2 Å². The van der Waals surface area contributed by atoms with Crippen LogP contribution in [0.5, 0.6) is 11.5 Å². The Balaban J connectivity index is 2.00. The van der Waals surface area contributed by atoms with Gasteiger partial charge in [0.05, 0.1) is 0 Å². The van der Waals surface area contributed by atoms with E-state index in [4.69, 9.17) is 0 Å².